The minimum Gasteiger partial charge on any atom is -0.342 e. The highest BCUT2D eigenvalue weighted by molar-refractivity contribution is 7.99. The number of carbonyl (C=O) groups is 2. The molecule has 0 aliphatic heterocycles. The van der Waals surface area contributed by atoms with Crippen LogP contribution in [-0.2, 0) is 11.3 Å². The summed E-state index contributed by atoms with van der Waals surface area (Å²) in [5, 5.41) is 26.0. The Bertz CT molecular complexity index is 1210. The predicted octanol–water partition coefficient (Wildman–Crippen LogP) is 4.37. The first kappa shape index (κ1) is 25.9. The van der Waals surface area contributed by atoms with Gasteiger partial charge in [0.25, 0.3) is 11.6 Å². The predicted molar refractivity (Wildman–Crippen MR) is 134 cm³/mol. The van der Waals surface area contributed by atoms with Crippen molar-refractivity contribution in [1.29, 1.82) is 0 Å². The van der Waals surface area contributed by atoms with Crippen molar-refractivity contribution in [2.75, 3.05) is 11.1 Å². The van der Waals surface area contributed by atoms with Crippen LogP contribution in [0.25, 0.3) is 0 Å². The second kappa shape index (κ2) is 11.6. The summed E-state index contributed by atoms with van der Waals surface area (Å²) in [7, 11) is 0. The van der Waals surface area contributed by atoms with Gasteiger partial charge in [0.05, 0.1) is 16.7 Å². The summed E-state index contributed by atoms with van der Waals surface area (Å²) in [6.45, 7) is 8.33. The number of aromatic nitrogens is 3. The minimum atomic E-state index is -0.539. The lowest BCUT2D eigenvalue weighted by Crippen LogP contribution is -2.33. The highest BCUT2D eigenvalue weighted by Gasteiger charge is 2.26. The first-order valence-corrected chi connectivity index (χ1v) is 12.2. The van der Waals surface area contributed by atoms with Gasteiger partial charge in [0.15, 0.2) is 11.0 Å². The van der Waals surface area contributed by atoms with E-state index in [1.807, 2.05) is 56.5 Å². The standard InChI is InChI=1S/C24H28N6O4S/c1-5-29-22(21(15(2)3)26-23(32)17-7-6-8-19(13-17)30(33)34)27-28-24(29)35-14-20(31)25-18-11-9-16(4)10-12-18/h6-13,15,21H,5,14H2,1-4H3,(H,25,31)(H,26,32)/t21-/m1/s1. The average molecular weight is 497 g/mol. The lowest BCUT2D eigenvalue weighted by molar-refractivity contribution is -0.384. The van der Waals surface area contributed by atoms with Crippen molar-refractivity contribution in [3.63, 3.8) is 0 Å². The minimum absolute atomic E-state index is 0.0326. The number of anilines is 1. The van der Waals surface area contributed by atoms with Crippen LogP contribution in [0.3, 0.4) is 0 Å². The van der Waals surface area contributed by atoms with Crippen LogP contribution in [0.1, 0.15) is 48.6 Å². The molecule has 0 aliphatic carbocycles. The Hall–Kier alpha value is -3.73. The molecule has 0 saturated heterocycles. The van der Waals surface area contributed by atoms with Crippen LogP contribution in [0.5, 0.6) is 0 Å². The van der Waals surface area contributed by atoms with E-state index in [-0.39, 0.29) is 28.8 Å². The number of hydrogen-bond donors (Lipinski definition) is 2. The van der Waals surface area contributed by atoms with E-state index in [1.54, 1.807) is 0 Å². The molecule has 1 heterocycles. The number of hydrogen-bond acceptors (Lipinski definition) is 7. The molecule has 0 saturated carbocycles. The Morgan fingerprint density at radius 2 is 1.86 bits per heavy atom. The number of benzene rings is 2. The third-order valence-corrected chi connectivity index (χ3v) is 6.25. The van der Waals surface area contributed by atoms with E-state index in [1.165, 1.54) is 36.0 Å². The molecular formula is C24H28N6O4S. The van der Waals surface area contributed by atoms with Gasteiger partial charge in [-0.15, -0.1) is 10.2 Å². The van der Waals surface area contributed by atoms with Crippen molar-refractivity contribution in [2.24, 2.45) is 5.92 Å². The van der Waals surface area contributed by atoms with E-state index >= 15 is 0 Å². The molecule has 3 aromatic rings. The van der Waals surface area contributed by atoms with Crippen LogP contribution in [-0.4, -0.2) is 37.3 Å². The molecule has 0 radical (unpaired) electrons. The fourth-order valence-corrected chi connectivity index (χ4v) is 4.22. The summed E-state index contributed by atoms with van der Waals surface area (Å²) in [5.41, 5.74) is 1.87. The van der Waals surface area contributed by atoms with Crippen molar-refractivity contribution >= 4 is 35.0 Å². The van der Waals surface area contributed by atoms with Crippen molar-refractivity contribution in [3.05, 3.63) is 75.6 Å². The number of amides is 2. The lowest BCUT2D eigenvalue weighted by atomic mass is 10.0. The summed E-state index contributed by atoms with van der Waals surface area (Å²) in [6, 6.07) is 12.6. The van der Waals surface area contributed by atoms with E-state index in [0.29, 0.717) is 17.5 Å². The monoisotopic (exact) mass is 496 g/mol. The van der Waals surface area contributed by atoms with Crippen LogP contribution in [0.4, 0.5) is 11.4 Å². The number of nitrogens with one attached hydrogen (secondary N) is 2. The zero-order valence-corrected chi connectivity index (χ0v) is 20.8. The highest BCUT2D eigenvalue weighted by Crippen LogP contribution is 2.26. The maximum Gasteiger partial charge on any atom is 0.270 e. The second-order valence-corrected chi connectivity index (χ2v) is 9.23. The maximum atomic E-state index is 12.9. The van der Waals surface area contributed by atoms with Gasteiger partial charge in [-0.05, 0) is 38.0 Å². The van der Waals surface area contributed by atoms with Gasteiger partial charge in [-0.2, -0.15) is 0 Å². The maximum absolute atomic E-state index is 12.9. The van der Waals surface area contributed by atoms with Gasteiger partial charge in [0.1, 0.15) is 0 Å². The number of nitro groups is 1. The molecule has 1 atom stereocenters. The molecule has 0 bridgehead atoms. The quantitative estimate of drug-likeness (QED) is 0.242. The number of non-ortho nitro benzene ring substituents is 1. The number of carbonyl (C=O) groups excluding carboxylic acids is 2. The molecule has 0 aliphatic rings. The smallest absolute Gasteiger partial charge is 0.270 e. The number of rotatable bonds is 10. The van der Waals surface area contributed by atoms with Crippen molar-refractivity contribution in [3.8, 4) is 0 Å². The van der Waals surface area contributed by atoms with Crippen LogP contribution in [0.2, 0.25) is 0 Å². The third kappa shape index (κ3) is 6.66. The van der Waals surface area contributed by atoms with Crippen LogP contribution < -0.4 is 10.6 Å². The van der Waals surface area contributed by atoms with Gasteiger partial charge >= 0.3 is 0 Å². The zero-order valence-electron chi connectivity index (χ0n) is 20.0. The summed E-state index contributed by atoms with van der Waals surface area (Å²) >= 11 is 1.26. The summed E-state index contributed by atoms with van der Waals surface area (Å²) < 4.78 is 1.86. The lowest BCUT2D eigenvalue weighted by Gasteiger charge is -2.22. The number of aryl methyl sites for hydroxylation is 1. The van der Waals surface area contributed by atoms with Gasteiger partial charge in [-0.1, -0.05) is 49.4 Å². The van der Waals surface area contributed by atoms with Crippen LogP contribution in [0.15, 0.2) is 53.7 Å². The SMILES string of the molecule is CCn1c(SCC(=O)Nc2ccc(C)cc2)nnc1[C@H](NC(=O)c1cccc([N+](=O)[O-])c1)C(C)C. The topological polar surface area (TPSA) is 132 Å². The van der Waals surface area contributed by atoms with Gasteiger partial charge in [0, 0.05) is 29.9 Å². The fourth-order valence-electron chi connectivity index (χ4n) is 3.41. The molecule has 1 aromatic heterocycles. The largest absolute Gasteiger partial charge is 0.342 e. The van der Waals surface area contributed by atoms with Crippen molar-refractivity contribution in [2.45, 2.75) is 45.4 Å². The molecule has 10 nitrogen and oxygen atoms in total. The molecule has 184 valence electrons. The first-order valence-electron chi connectivity index (χ1n) is 11.2. The van der Waals surface area contributed by atoms with E-state index in [4.69, 9.17) is 0 Å². The molecule has 3 rings (SSSR count). The Balaban J connectivity index is 1.72. The highest BCUT2D eigenvalue weighted by atomic mass is 32.2. The molecule has 0 fully saturated rings. The summed E-state index contributed by atoms with van der Waals surface area (Å²) in [4.78, 5) is 35.8. The van der Waals surface area contributed by atoms with Gasteiger partial charge in [-0.3, -0.25) is 19.7 Å². The second-order valence-electron chi connectivity index (χ2n) is 8.29. The molecule has 2 aromatic carbocycles. The number of thioether (sulfide) groups is 1. The number of nitrogens with zero attached hydrogens (tertiary/aromatic N) is 4. The molecule has 2 amide bonds. The Labute approximate surface area is 207 Å². The van der Waals surface area contributed by atoms with Crippen molar-refractivity contribution in [1.82, 2.24) is 20.1 Å². The van der Waals surface area contributed by atoms with Crippen LogP contribution in [0, 0.1) is 23.0 Å². The summed E-state index contributed by atoms with van der Waals surface area (Å²) in [6.07, 6.45) is 0. The van der Waals surface area contributed by atoms with E-state index < -0.39 is 16.9 Å². The normalized spacial score (nSPS) is 11.8. The molecule has 0 unspecified atom stereocenters. The fraction of sp³-hybridized carbons (Fsp3) is 0.333. The van der Waals surface area contributed by atoms with Gasteiger partial charge in [-0.25, -0.2) is 0 Å². The van der Waals surface area contributed by atoms with Crippen LogP contribution >= 0.6 is 11.8 Å². The van der Waals surface area contributed by atoms with Gasteiger partial charge in [0.2, 0.25) is 5.91 Å². The Morgan fingerprint density at radius 3 is 2.49 bits per heavy atom. The Morgan fingerprint density at radius 1 is 1.14 bits per heavy atom. The first-order chi connectivity index (χ1) is 16.7. The Kier molecular flexibility index (Phi) is 8.58. The molecule has 35 heavy (non-hydrogen) atoms. The van der Waals surface area contributed by atoms with E-state index in [2.05, 4.69) is 20.8 Å². The molecular weight excluding hydrogens is 468 g/mol. The molecule has 0 spiro atoms. The summed E-state index contributed by atoms with van der Waals surface area (Å²) in [5.74, 6) is 0.0750. The van der Waals surface area contributed by atoms with E-state index in [9.17, 15) is 19.7 Å². The zero-order chi connectivity index (χ0) is 25.5. The van der Waals surface area contributed by atoms with E-state index in [0.717, 1.165) is 11.3 Å². The van der Waals surface area contributed by atoms with Gasteiger partial charge < -0.3 is 15.2 Å². The average Bonchev–Trinajstić information content (AvgIpc) is 3.24. The third-order valence-electron chi connectivity index (χ3n) is 5.28. The molecule has 11 heteroatoms. The number of nitro benzene ring substituents is 1. The molecule has 2 N–H and O–H groups in total. The van der Waals surface area contributed by atoms with Crippen molar-refractivity contribution < 1.29 is 14.5 Å².